The van der Waals surface area contributed by atoms with E-state index < -0.39 is 46.7 Å². The van der Waals surface area contributed by atoms with E-state index in [4.69, 9.17) is 11.6 Å². The van der Waals surface area contributed by atoms with Crippen molar-refractivity contribution in [3.63, 3.8) is 0 Å². The third-order valence-electron chi connectivity index (χ3n) is 7.69. The number of alkyl halides is 3. The van der Waals surface area contributed by atoms with E-state index >= 15 is 0 Å². The van der Waals surface area contributed by atoms with Crippen LogP contribution in [0.3, 0.4) is 0 Å². The fourth-order valence-corrected chi connectivity index (χ4v) is 6.67. The molecule has 2 bridgehead atoms. The van der Waals surface area contributed by atoms with Crippen LogP contribution >= 0.6 is 11.6 Å². The van der Waals surface area contributed by atoms with Crippen molar-refractivity contribution in [3.8, 4) is 0 Å². The molecule has 0 N–H and O–H groups in total. The van der Waals surface area contributed by atoms with Gasteiger partial charge in [0.05, 0.1) is 33.5 Å². The fraction of sp³-hybridized carbons (Fsp3) is 0.222. The topological polar surface area (TPSA) is 54.5 Å². The lowest BCUT2D eigenvalue weighted by atomic mass is 9.46. The Morgan fingerprint density at radius 1 is 0.914 bits per heavy atom. The van der Waals surface area contributed by atoms with Crippen molar-refractivity contribution in [1.82, 2.24) is 0 Å². The molecule has 176 valence electrons. The summed E-state index contributed by atoms with van der Waals surface area (Å²) in [5.74, 6) is -4.22. The number of halogens is 4. The van der Waals surface area contributed by atoms with Gasteiger partial charge in [-0.15, -0.1) is 0 Å². The summed E-state index contributed by atoms with van der Waals surface area (Å²) in [7, 11) is 0. The van der Waals surface area contributed by atoms with Crippen molar-refractivity contribution in [2.45, 2.75) is 24.4 Å². The number of imide groups is 1. The Hall–Kier alpha value is -3.45. The summed E-state index contributed by atoms with van der Waals surface area (Å²) in [5, 5.41) is -0.155. The van der Waals surface area contributed by atoms with Crippen LogP contribution in [0.2, 0.25) is 5.02 Å². The number of nitrogens with zero attached hydrogens (tertiary/aromatic N) is 1. The molecular weight excluding hydrogens is 479 g/mol. The average molecular weight is 496 g/mol. The predicted molar refractivity (Wildman–Crippen MR) is 122 cm³/mol. The Kier molecular flexibility index (Phi) is 4.43. The third-order valence-corrected chi connectivity index (χ3v) is 8.01. The highest BCUT2D eigenvalue weighted by atomic mass is 35.5. The molecule has 2 atom stereocenters. The van der Waals surface area contributed by atoms with Crippen molar-refractivity contribution >= 4 is 34.9 Å². The zero-order valence-corrected chi connectivity index (χ0v) is 19.0. The number of amides is 2. The molecule has 1 aliphatic heterocycles. The number of ketones is 1. The first-order chi connectivity index (χ1) is 16.6. The summed E-state index contributed by atoms with van der Waals surface area (Å²) in [6, 6.07) is 17.0. The van der Waals surface area contributed by atoms with Gasteiger partial charge in [-0.25, -0.2) is 4.90 Å². The molecule has 35 heavy (non-hydrogen) atoms. The number of carbonyl (C=O) groups is 3. The van der Waals surface area contributed by atoms with Crippen molar-refractivity contribution < 1.29 is 27.6 Å². The first kappa shape index (κ1) is 22.0. The maximum Gasteiger partial charge on any atom is 0.416 e. The Balaban J connectivity index is 1.63. The maximum absolute atomic E-state index is 14.0. The summed E-state index contributed by atoms with van der Waals surface area (Å²) in [4.78, 5) is 42.2. The zero-order valence-electron chi connectivity index (χ0n) is 18.3. The zero-order chi connectivity index (χ0) is 24.9. The molecule has 1 heterocycles. The molecule has 0 aromatic heterocycles. The van der Waals surface area contributed by atoms with Crippen molar-refractivity contribution in [3.05, 3.63) is 99.6 Å². The highest BCUT2D eigenvalue weighted by Crippen LogP contribution is 2.64. The summed E-state index contributed by atoms with van der Waals surface area (Å²) in [6.45, 7) is 1.40. The number of carbonyl (C=O) groups excluding carboxylic acids is 3. The van der Waals surface area contributed by atoms with Gasteiger partial charge in [0, 0.05) is 5.92 Å². The third kappa shape index (κ3) is 2.62. The molecule has 3 aromatic carbocycles. The number of rotatable bonds is 2. The predicted octanol–water partition coefficient (Wildman–Crippen LogP) is 5.50. The van der Waals surface area contributed by atoms with E-state index in [0.29, 0.717) is 11.1 Å². The van der Waals surface area contributed by atoms with Crippen LogP contribution in [-0.2, 0) is 26.0 Å². The largest absolute Gasteiger partial charge is 0.416 e. The first-order valence-electron chi connectivity index (χ1n) is 11.0. The highest BCUT2D eigenvalue weighted by Gasteiger charge is 2.70. The molecule has 0 spiro atoms. The monoisotopic (exact) mass is 495 g/mol. The normalized spacial score (nSPS) is 26.4. The molecular formula is C27H17ClF3NO3. The number of anilines is 1. The van der Waals surface area contributed by atoms with E-state index in [1.165, 1.54) is 6.92 Å². The SMILES string of the molecule is CC(=O)C12c3ccccc3C(c3ccccc31)[C@@H]1C(=O)N(c3cc(C(F)(F)F)ccc3Cl)C(=O)[C@@H]12. The molecule has 0 radical (unpaired) electrons. The van der Waals surface area contributed by atoms with Crippen molar-refractivity contribution in [1.29, 1.82) is 0 Å². The second-order valence-corrected chi connectivity index (χ2v) is 9.60. The van der Waals surface area contributed by atoms with Gasteiger partial charge in [-0.3, -0.25) is 14.4 Å². The van der Waals surface area contributed by atoms with Gasteiger partial charge in [0.15, 0.2) is 0 Å². The molecule has 3 aliphatic carbocycles. The molecule has 4 nitrogen and oxygen atoms in total. The Labute approximate surface area is 203 Å². The lowest BCUT2D eigenvalue weighted by Gasteiger charge is -2.52. The lowest BCUT2D eigenvalue weighted by Crippen LogP contribution is -2.57. The Morgan fingerprint density at radius 3 is 2.03 bits per heavy atom. The van der Waals surface area contributed by atoms with Gasteiger partial charge in [0.1, 0.15) is 5.78 Å². The van der Waals surface area contributed by atoms with Crippen LogP contribution < -0.4 is 4.90 Å². The van der Waals surface area contributed by atoms with Crippen LogP contribution in [0.15, 0.2) is 66.7 Å². The van der Waals surface area contributed by atoms with Gasteiger partial charge >= 0.3 is 6.18 Å². The second kappa shape index (κ2) is 7.04. The molecule has 7 rings (SSSR count). The summed E-state index contributed by atoms with van der Waals surface area (Å²) in [6.07, 6.45) is -4.69. The number of hydrogen-bond donors (Lipinski definition) is 0. The smallest absolute Gasteiger partial charge is 0.299 e. The van der Waals surface area contributed by atoms with Crippen LogP contribution in [0.5, 0.6) is 0 Å². The molecule has 1 fully saturated rings. The molecule has 1 saturated heterocycles. The van der Waals surface area contributed by atoms with E-state index in [0.717, 1.165) is 34.2 Å². The van der Waals surface area contributed by atoms with Crippen molar-refractivity contribution in [2.24, 2.45) is 11.8 Å². The van der Waals surface area contributed by atoms with Crippen LogP contribution in [0.4, 0.5) is 18.9 Å². The quantitative estimate of drug-likeness (QED) is 0.441. The van der Waals surface area contributed by atoms with Crippen LogP contribution in [0, 0.1) is 11.8 Å². The molecule has 3 aromatic rings. The molecule has 0 saturated carbocycles. The van der Waals surface area contributed by atoms with E-state index in [1.807, 2.05) is 24.3 Å². The van der Waals surface area contributed by atoms with Gasteiger partial charge in [-0.1, -0.05) is 60.1 Å². The lowest BCUT2D eigenvalue weighted by molar-refractivity contribution is -0.137. The number of hydrogen-bond acceptors (Lipinski definition) is 3. The second-order valence-electron chi connectivity index (χ2n) is 9.20. The van der Waals surface area contributed by atoms with Crippen LogP contribution in [0.25, 0.3) is 0 Å². The molecule has 0 unspecified atom stereocenters. The molecule has 8 heteroatoms. The van der Waals surface area contributed by atoms with Gasteiger partial charge in [0.25, 0.3) is 0 Å². The standard InChI is InChI=1S/C27H17ClF3NO3/c1-13(33)26-17-8-4-2-6-15(17)21(16-7-3-5-9-18(16)26)22-23(26)25(35)32(24(22)34)20-12-14(27(29,30)31)10-11-19(20)28/h2-12,21-23H,1H3/t21?,22-,23+,26?/m0/s1. The Bertz CT molecular complexity index is 1420. The Morgan fingerprint density at radius 2 is 1.49 bits per heavy atom. The minimum atomic E-state index is -4.69. The van der Waals surface area contributed by atoms with E-state index in [1.54, 1.807) is 24.3 Å². The minimum Gasteiger partial charge on any atom is -0.299 e. The van der Waals surface area contributed by atoms with E-state index in [9.17, 15) is 27.6 Å². The minimum absolute atomic E-state index is 0.155. The molecule has 2 amide bonds. The summed E-state index contributed by atoms with van der Waals surface area (Å²) >= 11 is 6.24. The highest BCUT2D eigenvalue weighted by molar-refractivity contribution is 6.36. The number of benzene rings is 3. The van der Waals surface area contributed by atoms with Crippen LogP contribution in [-0.4, -0.2) is 17.6 Å². The van der Waals surface area contributed by atoms with E-state index in [-0.39, 0.29) is 16.5 Å². The average Bonchev–Trinajstić information content (AvgIpc) is 3.09. The molecule has 4 aliphatic rings. The number of Topliss-reactive ketones (excluding diaryl/α,β-unsaturated/α-hetero) is 1. The first-order valence-corrected chi connectivity index (χ1v) is 11.4. The van der Waals surface area contributed by atoms with Crippen molar-refractivity contribution in [2.75, 3.05) is 4.90 Å². The summed E-state index contributed by atoms with van der Waals surface area (Å²) in [5.41, 5.74) is 0.107. The van der Waals surface area contributed by atoms with Gasteiger partial charge in [-0.2, -0.15) is 13.2 Å². The summed E-state index contributed by atoms with van der Waals surface area (Å²) < 4.78 is 40.4. The van der Waals surface area contributed by atoms with E-state index in [2.05, 4.69) is 0 Å². The maximum atomic E-state index is 14.0. The van der Waals surface area contributed by atoms with Crippen LogP contribution in [0.1, 0.15) is 40.7 Å². The van der Waals surface area contributed by atoms with Gasteiger partial charge in [0.2, 0.25) is 11.8 Å². The fourth-order valence-electron chi connectivity index (χ4n) is 6.47. The van der Waals surface area contributed by atoms with Gasteiger partial charge < -0.3 is 0 Å². The van der Waals surface area contributed by atoms with Gasteiger partial charge in [-0.05, 0) is 47.4 Å².